The SMILES string of the molecule is CC(C)OC(=O)c1cc(NC(=O)N[C@H](C)C(=O)[O-])c(F)cc1Cl.CC(C)[NH3+]. The zero-order chi connectivity index (χ0) is 21.3. The van der Waals surface area contributed by atoms with Crippen molar-refractivity contribution in [1.29, 1.82) is 0 Å². The van der Waals surface area contributed by atoms with Gasteiger partial charge in [0, 0.05) is 0 Å². The standard InChI is InChI=1S/C14H16ClFN2O5.C3H9N/c1-6(2)23-13(21)8-4-11(10(16)5-9(8)15)18-14(22)17-7(3)12(19)20;1-3(2)4/h4-7H,1-3H3,(H,19,20)(H2,17,18,22);3H,4H2,1-2H3/t7-;/m1./s1. The van der Waals surface area contributed by atoms with E-state index in [4.69, 9.17) is 16.3 Å². The maximum atomic E-state index is 13.8. The number of quaternary nitrogens is 1. The number of carbonyl (C=O) groups excluding carboxylic acids is 3. The third kappa shape index (κ3) is 9.76. The van der Waals surface area contributed by atoms with Crippen molar-refractivity contribution in [1.82, 2.24) is 5.32 Å². The third-order valence-electron chi connectivity index (χ3n) is 2.57. The number of hydrogen-bond acceptors (Lipinski definition) is 5. The number of urea groups is 1. The van der Waals surface area contributed by atoms with Crippen LogP contribution < -0.4 is 21.5 Å². The van der Waals surface area contributed by atoms with E-state index in [2.05, 4.69) is 24.9 Å². The van der Waals surface area contributed by atoms with E-state index in [1.165, 1.54) is 6.92 Å². The minimum Gasteiger partial charge on any atom is -0.548 e. The second kappa shape index (κ2) is 11.3. The summed E-state index contributed by atoms with van der Waals surface area (Å²) in [7, 11) is 0. The molecule has 0 bridgehead atoms. The summed E-state index contributed by atoms with van der Waals surface area (Å²) in [6.45, 7) is 8.55. The molecule has 1 aromatic carbocycles. The smallest absolute Gasteiger partial charge is 0.339 e. The number of nitrogens with one attached hydrogen (secondary N) is 2. The van der Waals surface area contributed by atoms with Crippen LogP contribution in [0, 0.1) is 5.82 Å². The first-order valence-corrected chi connectivity index (χ1v) is 8.54. The molecule has 5 N–H and O–H groups in total. The number of ether oxygens (including phenoxy) is 1. The summed E-state index contributed by atoms with van der Waals surface area (Å²) in [5.41, 5.74) is 3.15. The van der Waals surface area contributed by atoms with Crippen molar-refractivity contribution in [2.75, 3.05) is 5.32 Å². The molecule has 8 nitrogen and oxygen atoms in total. The number of halogens is 2. The number of amides is 2. The van der Waals surface area contributed by atoms with E-state index in [9.17, 15) is 23.9 Å². The molecule has 1 rings (SSSR count). The highest BCUT2D eigenvalue weighted by atomic mass is 35.5. The van der Waals surface area contributed by atoms with Gasteiger partial charge >= 0.3 is 12.0 Å². The topological polar surface area (TPSA) is 135 Å². The van der Waals surface area contributed by atoms with Crippen LogP contribution in [0.15, 0.2) is 12.1 Å². The predicted octanol–water partition coefficient (Wildman–Crippen LogP) is 0.941. The first-order valence-electron chi connectivity index (χ1n) is 8.16. The van der Waals surface area contributed by atoms with Crippen LogP contribution >= 0.6 is 11.6 Å². The second-order valence-electron chi connectivity index (χ2n) is 6.30. The lowest BCUT2D eigenvalue weighted by Gasteiger charge is -2.16. The molecule has 27 heavy (non-hydrogen) atoms. The molecule has 0 aliphatic heterocycles. The van der Waals surface area contributed by atoms with E-state index >= 15 is 0 Å². The Morgan fingerprint density at radius 1 is 1.19 bits per heavy atom. The normalized spacial score (nSPS) is 11.3. The number of carboxylic acid groups (broad SMARTS) is 1. The molecule has 0 saturated carbocycles. The highest BCUT2D eigenvalue weighted by Gasteiger charge is 2.18. The Morgan fingerprint density at radius 3 is 2.15 bits per heavy atom. The molecule has 2 amide bonds. The maximum Gasteiger partial charge on any atom is 0.339 e. The molecule has 0 spiro atoms. The van der Waals surface area contributed by atoms with Crippen LogP contribution in [-0.2, 0) is 9.53 Å². The Labute approximate surface area is 162 Å². The van der Waals surface area contributed by atoms with Crippen molar-refractivity contribution in [3.63, 3.8) is 0 Å². The average Bonchev–Trinajstić information content (AvgIpc) is 2.48. The summed E-state index contributed by atoms with van der Waals surface area (Å²) in [6, 6.07) is 0.170. The first kappa shape index (κ1) is 24.6. The molecule has 0 radical (unpaired) electrons. The van der Waals surface area contributed by atoms with Gasteiger partial charge in [-0.3, -0.25) is 0 Å². The minimum atomic E-state index is -1.50. The Morgan fingerprint density at radius 2 is 1.70 bits per heavy atom. The van der Waals surface area contributed by atoms with Crippen LogP contribution in [0.2, 0.25) is 5.02 Å². The van der Waals surface area contributed by atoms with Crippen molar-refractivity contribution in [3.8, 4) is 0 Å². The molecule has 1 aromatic rings. The van der Waals surface area contributed by atoms with Gasteiger partial charge in [-0.1, -0.05) is 11.6 Å². The van der Waals surface area contributed by atoms with Crippen molar-refractivity contribution in [2.24, 2.45) is 0 Å². The zero-order valence-electron chi connectivity index (χ0n) is 15.9. The first-order chi connectivity index (χ1) is 12.3. The third-order valence-corrected chi connectivity index (χ3v) is 2.88. The number of hydrogen-bond donors (Lipinski definition) is 3. The average molecular weight is 406 g/mol. The monoisotopic (exact) mass is 405 g/mol. The van der Waals surface area contributed by atoms with Crippen LogP contribution in [0.5, 0.6) is 0 Å². The van der Waals surface area contributed by atoms with Crippen LogP contribution in [0.1, 0.15) is 45.0 Å². The quantitative estimate of drug-likeness (QED) is 0.626. The summed E-state index contributed by atoms with van der Waals surface area (Å²) >= 11 is 5.79. The maximum absolute atomic E-state index is 13.8. The Hall–Kier alpha value is -2.39. The van der Waals surface area contributed by atoms with Crippen molar-refractivity contribution in [2.45, 2.75) is 52.8 Å². The summed E-state index contributed by atoms with van der Waals surface area (Å²) in [5, 5.41) is 14.5. The lowest BCUT2D eigenvalue weighted by molar-refractivity contribution is -0.407. The number of benzene rings is 1. The van der Waals surface area contributed by atoms with Gasteiger partial charge in [-0.05, 0) is 46.8 Å². The fraction of sp³-hybridized carbons (Fsp3) is 0.471. The largest absolute Gasteiger partial charge is 0.548 e. The van der Waals surface area contributed by atoms with Gasteiger partial charge in [0.1, 0.15) is 5.82 Å². The van der Waals surface area contributed by atoms with Gasteiger partial charge in [-0.2, -0.15) is 0 Å². The van der Waals surface area contributed by atoms with E-state index in [0.717, 1.165) is 12.1 Å². The number of aliphatic carboxylic acids is 1. The Kier molecular flexibility index (Phi) is 10.3. The van der Waals surface area contributed by atoms with Crippen LogP contribution in [0.3, 0.4) is 0 Å². The molecule has 0 saturated heterocycles. The van der Waals surface area contributed by atoms with Gasteiger partial charge in [0.2, 0.25) is 0 Å². The van der Waals surface area contributed by atoms with Gasteiger partial charge < -0.3 is 31.0 Å². The number of esters is 1. The van der Waals surface area contributed by atoms with Crippen molar-refractivity contribution in [3.05, 3.63) is 28.5 Å². The summed E-state index contributed by atoms with van der Waals surface area (Å²) in [4.78, 5) is 34.0. The molecule has 10 heteroatoms. The van der Waals surface area contributed by atoms with Gasteiger partial charge in [0.25, 0.3) is 0 Å². The van der Waals surface area contributed by atoms with Crippen molar-refractivity contribution < 1.29 is 34.4 Å². The molecule has 152 valence electrons. The summed E-state index contributed by atoms with van der Waals surface area (Å²) in [5.74, 6) is -3.18. The predicted molar refractivity (Wildman–Crippen MR) is 96.6 cm³/mol. The Bertz CT molecular complexity index is 680. The number of anilines is 1. The highest BCUT2D eigenvalue weighted by Crippen LogP contribution is 2.25. The molecule has 0 heterocycles. The number of rotatable bonds is 5. The number of carbonyl (C=O) groups is 3. The van der Waals surface area contributed by atoms with E-state index in [-0.39, 0.29) is 16.3 Å². The molecule has 0 unspecified atom stereocenters. The second-order valence-corrected chi connectivity index (χ2v) is 6.71. The molecule has 0 fully saturated rings. The zero-order valence-corrected chi connectivity index (χ0v) is 16.6. The van der Waals surface area contributed by atoms with Gasteiger partial charge in [0.05, 0.1) is 40.4 Å². The molecular formula is C17H25ClFN3O5. The summed E-state index contributed by atoms with van der Waals surface area (Å²) in [6.07, 6.45) is -0.410. The molecule has 0 aliphatic rings. The van der Waals surface area contributed by atoms with E-state index in [0.29, 0.717) is 6.04 Å². The van der Waals surface area contributed by atoms with Gasteiger partial charge in [0.15, 0.2) is 0 Å². The molecule has 1 atom stereocenters. The number of carboxylic acids is 1. The van der Waals surface area contributed by atoms with Crippen molar-refractivity contribution >= 4 is 35.3 Å². The summed E-state index contributed by atoms with van der Waals surface area (Å²) < 4.78 is 18.8. The fourth-order valence-corrected chi connectivity index (χ4v) is 1.72. The Balaban J connectivity index is 0.00000153. The van der Waals surface area contributed by atoms with Crippen LogP contribution in [0.4, 0.5) is 14.9 Å². The van der Waals surface area contributed by atoms with E-state index in [1.54, 1.807) is 13.8 Å². The molecule has 0 aliphatic carbocycles. The minimum absolute atomic E-state index is 0.134. The highest BCUT2D eigenvalue weighted by molar-refractivity contribution is 6.33. The van der Waals surface area contributed by atoms with Crippen LogP contribution in [-0.4, -0.2) is 36.2 Å². The lowest BCUT2D eigenvalue weighted by atomic mass is 10.2. The molecule has 0 aromatic heterocycles. The van der Waals surface area contributed by atoms with Crippen LogP contribution in [0.25, 0.3) is 0 Å². The van der Waals surface area contributed by atoms with E-state index < -0.39 is 35.9 Å². The lowest BCUT2D eigenvalue weighted by Crippen LogP contribution is -2.57. The van der Waals surface area contributed by atoms with Gasteiger partial charge in [-0.25, -0.2) is 14.0 Å². The molecular weight excluding hydrogens is 381 g/mol. The fourth-order valence-electron chi connectivity index (χ4n) is 1.49. The van der Waals surface area contributed by atoms with E-state index in [1.807, 2.05) is 5.32 Å². The van der Waals surface area contributed by atoms with Gasteiger partial charge in [-0.15, -0.1) is 0 Å².